The molecule has 1 aromatic carbocycles. The highest BCUT2D eigenvalue weighted by Crippen LogP contribution is 2.33. The number of hydrogen-bond donors (Lipinski definition) is 1. The van der Waals surface area contributed by atoms with Crippen molar-refractivity contribution in [3.8, 4) is 5.75 Å². The van der Waals surface area contributed by atoms with Gasteiger partial charge in [-0.1, -0.05) is 0 Å². The first-order valence-electron chi connectivity index (χ1n) is 7.67. The van der Waals surface area contributed by atoms with Crippen LogP contribution in [-0.4, -0.2) is 49.4 Å². The number of nitrogens with two attached hydrogens (primary N) is 1. The molecule has 0 spiro atoms. The highest BCUT2D eigenvalue weighted by molar-refractivity contribution is 5.84. The van der Waals surface area contributed by atoms with E-state index in [2.05, 4.69) is 12.0 Å². The van der Waals surface area contributed by atoms with Crippen molar-refractivity contribution >= 4 is 10.9 Å². The summed E-state index contributed by atoms with van der Waals surface area (Å²) in [6.07, 6.45) is 2.75. The second kappa shape index (κ2) is 6.64. The van der Waals surface area contributed by atoms with E-state index >= 15 is 0 Å². The molecule has 1 aliphatic heterocycles. The van der Waals surface area contributed by atoms with E-state index in [1.54, 1.807) is 7.11 Å². The Labute approximate surface area is 130 Å². The number of ether oxygens (including phenoxy) is 3. The van der Waals surface area contributed by atoms with Crippen LogP contribution in [0, 0.1) is 0 Å². The smallest absolute Gasteiger partial charge is 0.124 e. The van der Waals surface area contributed by atoms with Crippen LogP contribution >= 0.6 is 0 Å². The van der Waals surface area contributed by atoms with Crippen LogP contribution in [0.1, 0.15) is 18.5 Å². The number of methoxy groups -OCH3 is 1. The SMILES string of the molecule is COCCO[C@H]1COc2ccc3cnn([C@@H](C)CN)c3c2C1. The first kappa shape index (κ1) is 15.3. The maximum Gasteiger partial charge on any atom is 0.124 e. The fourth-order valence-electron chi connectivity index (χ4n) is 2.83. The maximum atomic E-state index is 5.87. The van der Waals surface area contributed by atoms with E-state index in [0.717, 1.165) is 28.6 Å². The summed E-state index contributed by atoms with van der Waals surface area (Å²) >= 11 is 0. The van der Waals surface area contributed by atoms with Gasteiger partial charge in [0, 0.05) is 31.0 Å². The molecule has 2 N–H and O–H groups in total. The zero-order valence-electron chi connectivity index (χ0n) is 13.1. The van der Waals surface area contributed by atoms with Gasteiger partial charge in [0.15, 0.2) is 0 Å². The summed E-state index contributed by atoms with van der Waals surface area (Å²) in [5.41, 5.74) is 8.07. The molecule has 1 aromatic heterocycles. The van der Waals surface area contributed by atoms with Gasteiger partial charge in [0.25, 0.3) is 0 Å². The van der Waals surface area contributed by atoms with E-state index < -0.39 is 0 Å². The van der Waals surface area contributed by atoms with Gasteiger partial charge in [0.05, 0.1) is 37.1 Å². The second-order valence-corrected chi connectivity index (χ2v) is 5.65. The predicted octanol–water partition coefficient (Wildman–Crippen LogP) is 1.52. The minimum absolute atomic E-state index is 0.0461. The molecule has 2 heterocycles. The molecule has 0 radical (unpaired) electrons. The standard InChI is InChI=1S/C16H23N3O3/c1-11(8-17)19-16-12(9-18-19)3-4-15-14(16)7-13(10-22-15)21-6-5-20-2/h3-4,9,11,13H,5-8,10,17H2,1-2H3/t11-,13+/m0/s1. The summed E-state index contributed by atoms with van der Waals surface area (Å²) in [7, 11) is 1.67. The minimum Gasteiger partial charge on any atom is -0.491 e. The molecular weight excluding hydrogens is 282 g/mol. The first-order valence-corrected chi connectivity index (χ1v) is 7.67. The summed E-state index contributed by atoms with van der Waals surface area (Å²) in [6, 6.07) is 4.22. The third-order valence-electron chi connectivity index (χ3n) is 4.08. The molecule has 0 fully saturated rings. The summed E-state index contributed by atoms with van der Waals surface area (Å²) < 4.78 is 18.7. The van der Waals surface area contributed by atoms with Crippen molar-refractivity contribution in [2.24, 2.45) is 5.73 Å². The van der Waals surface area contributed by atoms with E-state index in [1.807, 2.05) is 23.0 Å². The van der Waals surface area contributed by atoms with Crippen molar-refractivity contribution in [1.29, 1.82) is 0 Å². The minimum atomic E-state index is 0.0461. The molecule has 3 rings (SSSR count). The Morgan fingerprint density at radius 3 is 3.09 bits per heavy atom. The summed E-state index contributed by atoms with van der Waals surface area (Å²) in [5.74, 6) is 0.921. The Morgan fingerprint density at radius 2 is 2.32 bits per heavy atom. The van der Waals surface area contributed by atoms with Gasteiger partial charge < -0.3 is 19.9 Å². The molecule has 0 unspecified atom stereocenters. The van der Waals surface area contributed by atoms with E-state index in [-0.39, 0.29) is 12.1 Å². The van der Waals surface area contributed by atoms with Crippen LogP contribution in [0.15, 0.2) is 18.3 Å². The van der Waals surface area contributed by atoms with Crippen LogP contribution in [0.25, 0.3) is 10.9 Å². The van der Waals surface area contributed by atoms with Crippen molar-refractivity contribution < 1.29 is 14.2 Å². The number of rotatable bonds is 6. The van der Waals surface area contributed by atoms with E-state index in [1.165, 1.54) is 0 Å². The van der Waals surface area contributed by atoms with Gasteiger partial charge in [0.1, 0.15) is 12.4 Å². The molecule has 120 valence electrons. The van der Waals surface area contributed by atoms with Crippen LogP contribution in [0.2, 0.25) is 0 Å². The lowest BCUT2D eigenvalue weighted by molar-refractivity contribution is -0.0117. The van der Waals surface area contributed by atoms with Crippen LogP contribution in [0.4, 0.5) is 0 Å². The highest BCUT2D eigenvalue weighted by Gasteiger charge is 2.25. The lowest BCUT2D eigenvalue weighted by atomic mass is 10.0. The summed E-state index contributed by atoms with van der Waals surface area (Å²) in [5, 5.41) is 5.61. The van der Waals surface area contributed by atoms with Gasteiger partial charge in [-0.15, -0.1) is 0 Å². The molecule has 0 saturated carbocycles. The molecule has 1 aliphatic rings. The Bertz CT molecular complexity index is 641. The molecule has 0 saturated heterocycles. The van der Waals surface area contributed by atoms with Crippen LogP contribution in [-0.2, 0) is 15.9 Å². The Morgan fingerprint density at radius 1 is 1.45 bits per heavy atom. The van der Waals surface area contributed by atoms with E-state index in [0.29, 0.717) is 26.4 Å². The third-order valence-corrected chi connectivity index (χ3v) is 4.08. The molecule has 0 aliphatic carbocycles. The molecule has 2 aromatic rings. The van der Waals surface area contributed by atoms with Crippen LogP contribution < -0.4 is 10.5 Å². The average Bonchev–Trinajstić information content (AvgIpc) is 2.99. The molecule has 6 heteroatoms. The van der Waals surface area contributed by atoms with Crippen molar-refractivity contribution in [3.63, 3.8) is 0 Å². The Hall–Kier alpha value is -1.63. The fourth-order valence-corrected chi connectivity index (χ4v) is 2.83. The number of aromatic nitrogens is 2. The van der Waals surface area contributed by atoms with E-state index in [4.69, 9.17) is 19.9 Å². The molecule has 22 heavy (non-hydrogen) atoms. The number of fused-ring (bicyclic) bond motifs is 3. The van der Waals surface area contributed by atoms with Gasteiger partial charge in [-0.3, -0.25) is 4.68 Å². The van der Waals surface area contributed by atoms with Gasteiger partial charge in [-0.2, -0.15) is 5.10 Å². The highest BCUT2D eigenvalue weighted by atomic mass is 16.6. The largest absolute Gasteiger partial charge is 0.491 e. The summed E-state index contributed by atoms with van der Waals surface area (Å²) in [4.78, 5) is 0. The average molecular weight is 305 g/mol. The lowest BCUT2D eigenvalue weighted by Crippen LogP contribution is -2.30. The van der Waals surface area contributed by atoms with Gasteiger partial charge >= 0.3 is 0 Å². The van der Waals surface area contributed by atoms with Crippen molar-refractivity contribution in [2.75, 3.05) is 33.5 Å². The fraction of sp³-hybridized carbons (Fsp3) is 0.562. The van der Waals surface area contributed by atoms with Crippen molar-refractivity contribution in [3.05, 3.63) is 23.9 Å². The van der Waals surface area contributed by atoms with Gasteiger partial charge in [-0.05, 0) is 19.1 Å². The van der Waals surface area contributed by atoms with E-state index in [9.17, 15) is 0 Å². The zero-order chi connectivity index (χ0) is 15.5. The Balaban J connectivity index is 1.91. The maximum absolute atomic E-state index is 5.87. The molecule has 0 amide bonds. The number of nitrogens with zero attached hydrogens (tertiary/aromatic N) is 2. The van der Waals surface area contributed by atoms with Gasteiger partial charge in [0.2, 0.25) is 0 Å². The van der Waals surface area contributed by atoms with Crippen LogP contribution in [0.3, 0.4) is 0 Å². The van der Waals surface area contributed by atoms with Gasteiger partial charge in [-0.25, -0.2) is 0 Å². The third kappa shape index (κ3) is 2.82. The monoisotopic (exact) mass is 305 g/mol. The second-order valence-electron chi connectivity index (χ2n) is 5.65. The molecule has 2 atom stereocenters. The van der Waals surface area contributed by atoms with Crippen molar-refractivity contribution in [2.45, 2.75) is 25.5 Å². The molecule has 6 nitrogen and oxygen atoms in total. The lowest BCUT2D eigenvalue weighted by Gasteiger charge is -2.26. The van der Waals surface area contributed by atoms with Crippen LogP contribution in [0.5, 0.6) is 5.75 Å². The first-order chi connectivity index (χ1) is 10.7. The molecular formula is C16H23N3O3. The summed E-state index contributed by atoms with van der Waals surface area (Å²) in [6.45, 7) is 4.37. The predicted molar refractivity (Wildman–Crippen MR) is 84.3 cm³/mol. The van der Waals surface area contributed by atoms with Crippen molar-refractivity contribution in [1.82, 2.24) is 9.78 Å². The number of hydrogen-bond acceptors (Lipinski definition) is 5. The Kier molecular flexibility index (Phi) is 4.61. The topological polar surface area (TPSA) is 71.5 Å². The number of benzene rings is 1. The quantitative estimate of drug-likeness (QED) is 0.819. The normalized spacial score (nSPS) is 19.0. The zero-order valence-corrected chi connectivity index (χ0v) is 13.1. The molecule has 0 bridgehead atoms.